The van der Waals surface area contributed by atoms with Gasteiger partial charge in [0.25, 0.3) is 0 Å². The summed E-state index contributed by atoms with van der Waals surface area (Å²) >= 11 is 0. The van der Waals surface area contributed by atoms with Gasteiger partial charge >= 0.3 is 0 Å². The van der Waals surface area contributed by atoms with Gasteiger partial charge in [-0.3, -0.25) is 0 Å². The van der Waals surface area contributed by atoms with Crippen molar-refractivity contribution in [3.63, 3.8) is 0 Å². The van der Waals surface area contributed by atoms with E-state index in [0.717, 1.165) is 0 Å². The summed E-state index contributed by atoms with van der Waals surface area (Å²) < 4.78 is 18.3. The lowest BCUT2D eigenvalue weighted by Crippen LogP contribution is -2.08. The monoisotopic (exact) mass is 248 g/mol. The maximum Gasteiger partial charge on any atom is 0.233 e. The minimum Gasteiger partial charge on any atom is -0.472 e. The zero-order chi connectivity index (χ0) is 13.4. The first-order valence-electron chi connectivity index (χ1n) is 5.82. The van der Waals surface area contributed by atoms with Crippen molar-refractivity contribution in [3.8, 4) is 18.2 Å². The molecule has 0 radical (unpaired) electrons. The number of nitrogens with zero attached hydrogens (tertiary/aromatic N) is 2. The molecule has 2 atom stereocenters. The normalized spacial score (nSPS) is 13.4. The van der Waals surface area contributed by atoms with Crippen molar-refractivity contribution in [1.82, 2.24) is 10.2 Å². The van der Waals surface area contributed by atoms with Crippen LogP contribution in [0.2, 0.25) is 0 Å². The van der Waals surface area contributed by atoms with Gasteiger partial charge in [-0.25, -0.2) is 4.39 Å². The first-order chi connectivity index (χ1) is 8.67. The predicted molar refractivity (Wildman–Crippen MR) is 69.1 cm³/mol. The van der Waals surface area contributed by atoms with Crippen LogP contribution in [-0.4, -0.2) is 23.0 Å². The van der Waals surface area contributed by atoms with Gasteiger partial charge in [0, 0.05) is 18.4 Å². The molecule has 0 spiro atoms. The van der Waals surface area contributed by atoms with Crippen molar-refractivity contribution in [2.24, 2.45) is 0 Å². The van der Waals surface area contributed by atoms with E-state index in [-0.39, 0.29) is 5.92 Å². The van der Waals surface area contributed by atoms with Crippen molar-refractivity contribution in [3.05, 3.63) is 30.5 Å². The Morgan fingerprint density at radius 2 is 2.33 bits per heavy atom. The van der Waals surface area contributed by atoms with E-state index in [1.807, 2.05) is 0 Å². The maximum absolute atomic E-state index is 13.1. The Balaban J connectivity index is 2.73. The maximum atomic E-state index is 13.1. The fraction of sp³-hybridized carbons (Fsp3) is 0.429. The van der Waals surface area contributed by atoms with E-state index < -0.39 is 6.17 Å². The molecular weight excluding hydrogens is 231 g/mol. The van der Waals surface area contributed by atoms with Gasteiger partial charge in [0.2, 0.25) is 5.88 Å². The van der Waals surface area contributed by atoms with Gasteiger partial charge in [-0.2, -0.15) is 5.10 Å². The summed E-state index contributed by atoms with van der Waals surface area (Å²) in [7, 11) is 0. The van der Waals surface area contributed by atoms with Crippen LogP contribution >= 0.6 is 0 Å². The first-order valence-corrected chi connectivity index (χ1v) is 5.82. The topological polar surface area (TPSA) is 35.0 Å². The molecule has 0 aromatic carbocycles. The summed E-state index contributed by atoms with van der Waals surface area (Å²) in [5, 5.41) is 7.95. The van der Waals surface area contributed by atoms with E-state index in [4.69, 9.17) is 11.2 Å². The quantitative estimate of drug-likeness (QED) is 0.549. The lowest BCUT2D eigenvalue weighted by molar-refractivity contribution is 0.315. The molecule has 96 valence electrons. The minimum atomic E-state index is -0.915. The number of terminal acetylenes is 1. The molecule has 1 aromatic heterocycles. The van der Waals surface area contributed by atoms with Crippen LogP contribution in [0.1, 0.15) is 31.4 Å². The SMILES string of the molecule is C#CCC(CC(C)F)c1ccc(OCC=C)nn1. The summed E-state index contributed by atoms with van der Waals surface area (Å²) in [4.78, 5) is 0. The van der Waals surface area contributed by atoms with E-state index in [1.54, 1.807) is 18.2 Å². The largest absolute Gasteiger partial charge is 0.472 e. The zero-order valence-electron chi connectivity index (χ0n) is 10.5. The smallest absolute Gasteiger partial charge is 0.233 e. The second-order valence-electron chi connectivity index (χ2n) is 4.02. The van der Waals surface area contributed by atoms with Crippen molar-refractivity contribution in [2.75, 3.05) is 6.61 Å². The fourth-order valence-electron chi connectivity index (χ4n) is 1.61. The Hall–Kier alpha value is -1.89. The van der Waals surface area contributed by atoms with E-state index in [2.05, 4.69) is 22.7 Å². The molecular formula is C14H17FN2O. The highest BCUT2D eigenvalue weighted by Crippen LogP contribution is 2.24. The van der Waals surface area contributed by atoms with Gasteiger partial charge in [-0.05, 0) is 19.4 Å². The van der Waals surface area contributed by atoms with Crippen LogP contribution < -0.4 is 4.74 Å². The second kappa shape index (κ2) is 7.44. The molecule has 0 aliphatic rings. The Morgan fingerprint density at radius 1 is 1.56 bits per heavy atom. The lowest BCUT2D eigenvalue weighted by atomic mass is 9.95. The first kappa shape index (κ1) is 14.2. The van der Waals surface area contributed by atoms with Gasteiger partial charge in [0.15, 0.2) is 0 Å². The van der Waals surface area contributed by atoms with Gasteiger partial charge in [-0.1, -0.05) is 12.7 Å². The van der Waals surface area contributed by atoms with Crippen LogP contribution in [0.4, 0.5) is 4.39 Å². The summed E-state index contributed by atoms with van der Waals surface area (Å²) in [5.41, 5.74) is 0.698. The molecule has 18 heavy (non-hydrogen) atoms. The highest BCUT2D eigenvalue weighted by Gasteiger charge is 2.16. The summed E-state index contributed by atoms with van der Waals surface area (Å²) in [6, 6.07) is 3.48. The molecule has 0 saturated carbocycles. The highest BCUT2D eigenvalue weighted by atomic mass is 19.1. The molecule has 0 bridgehead atoms. The van der Waals surface area contributed by atoms with Crippen molar-refractivity contribution < 1.29 is 9.13 Å². The molecule has 0 amide bonds. The van der Waals surface area contributed by atoms with Crippen LogP contribution in [-0.2, 0) is 0 Å². The van der Waals surface area contributed by atoms with E-state index in [1.165, 1.54) is 6.92 Å². The third-order valence-electron chi connectivity index (χ3n) is 2.40. The Bertz CT molecular complexity index is 409. The average molecular weight is 248 g/mol. The molecule has 0 saturated heterocycles. The van der Waals surface area contributed by atoms with Crippen molar-refractivity contribution in [1.29, 1.82) is 0 Å². The van der Waals surface area contributed by atoms with Crippen molar-refractivity contribution >= 4 is 0 Å². The summed E-state index contributed by atoms with van der Waals surface area (Å²) in [6.07, 6.45) is 6.80. The molecule has 4 heteroatoms. The van der Waals surface area contributed by atoms with Gasteiger partial charge in [0.05, 0.1) is 11.9 Å². The standard InChI is InChI=1S/C14H17FN2O/c1-4-6-12(10-11(3)15)13-7-8-14(17-16-13)18-9-5-2/h1,5,7-8,11-12H,2,6,9-10H2,3H3. The zero-order valence-corrected chi connectivity index (χ0v) is 10.5. The van der Waals surface area contributed by atoms with Crippen LogP contribution in [0, 0.1) is 12.3 Å². The Labute approximate surface area is 107 Å². The van der Waals surface area contributed by atoms with Crippen molar-refractivity contribution in [2.45, 2.75) is 31.9 Å². The summed E-state index contributed by atoms with van der Waals surface area (Å²) in [6.45, 7) is 5.43. The van der Waals surface area contributed by atoms with E-state index in [0.29, 0.717) is 31.0 Å². The molecule has 0 aliphatic heterocycles. The number of halogens is 1. The number of rotatable bonds is 7. The number of ether oxygens (including phenoxy) is 1. The number of hydrogen-bond acceptors (Lipinski definition) is 3. The summed E-state index contributed by atoms with van der Waals surface area (Å²) in [5.74, 6) is 2.86. The Kier molecular flexibility index (Phi) is 5.86. The molecule has 0 N–H and O–H groups in total. The average Bonchev–Trinajstić information content (AvgIpc) is 2.36. The van der Waals surface area contributed by atoms with Gasteiger partial charge in [-0.15, -0.1) is 17.4 Å². The fourth-order valence-corrected chi connectivity index (χ4v) is 1.61. The van der Waals surface area contributed by atoms with Crippen LogP contribution in [0.25, 0.3) is 0 Å². The van der Waals surface area contributed by atoms with Gasteiger partial charge in [0.1, 0.15) is 6.61 Å². The third kappa shape index (κ3) is 4.54. The highest BCUT2D eigenvalue weighted by molar-refractivity contribution is 5.16. The molecule has 1 rings (SSSR count). The molecule has 0 aliphatic carbocycles. The molecule has 1 aromatic rings. The Morgan fingerprint density at radius 3 is 2.83 bits per heavy atom. The number of alkyl halides is 1. The van der Waals surface area contributed by atoms with E-state index >= 15 is 0 Å². The van der Waals surface area contributed by atoms with Crippen LogP contribution in [0.3, 0.4) is 0 Å². The number of hydrogen-bond donors (Lipinski definition) is 0. The molecule has 3 nitrogen and oxygen atoms in total. The van der Waals surface area contributed by atoms with E-state index in [9.17, 15) is 4.39 Å². The predicted octanol–water partition coefficient (Wildman–Crippen LogP) is 2.90. The van der Waals surface area contributed by atoms with Crippen LogP contribution in [0.5, 0.6) is 5.88 Å². The molecule has 2 unspecified atom stereocenters. The van der Waals surface area contributed by atoms with Crippen LogP contribution in [0.15, 0.2) is 24.8 Å². The van der Waals surface area contributed by atoms with Gasteiger partial charge < -0.3 is 4.74 Å². The minimum absolute atomic E-state index is 0.101. The second-order valence-corrected chi connectivity index (χ2v) is 4.02. The third-order valence-corrected chi connectivity index (χ3v) is 2.40. The molecule has 1 heterocycles. The lowest BCUT2D eigenvalue weighted by Gasteiger charge is -2.14. The molecule has 0 fully saturated rings. The number of aromatic nitrogens is 2.